The van der Waals surface area contributed by atoms with E-state index in [-0.39, 0.29) is 5.56 Å². The number of halogens is 1. The highest BCUT2D eigenvalue weighted by molar-refractivity contribution is 7.98. The van der Waals surface area contributed by atoms with Crippen LogP contribution in [-0.4, -0.2) is 28.0 Å². The zero-order chi connectivity index (χ0) is 17.1. The molecule has 124 valence electrons. The number of carbonyl (C=O) groups excluding carboxylic acids is 1. The molecule has 3 aromatic rings. The third-order valence-electron chi connectivity index (χ3n) is 3.24. The number of carbonyl (C=O) groups is 1. The molecule has 0 spiro atoms. The Morgan fingerprint density at radius 1 is 1.42 bits per heavy atom. The van der Waals surface area contributed by atoms with Crippen molar-refractivity contribution in [2.24, 2.45) is 0 Å². The molecule has 3 rings (SSSR count). The van der Waals surface area contributed by atoms with Crippen LogP contribution in [0.1, 0.15) is 15.9 Å². The number of ether oxygens (including phenoxy) is 1. The van der Waals surface area contributed by atoms with E-state index in [1.807, 2.05) is 0 Å². The van der Waals surface area contributed by atoms with Gasteiger partial charge in [0.2, 0.25) is 11.0 Å². The summed E-state index contributed by atoms with van der Waals surface area (Å²) in [4.78, 5) is 11.8. The first-order valence-electron chi connectivity index (χ1n) is 6.84. The molecule has 0 radical (unpaired) electrons. The molecule has 0 saturated heterocycles. The lowest BCUT2D eigenvalue weighted by Crippen LogP contribution is -2.11. The van der Waals surface area contributed by atoms with Crippen LogP contribution in [0.5, 0.6) is 0 Å². The Balaban J connectivity index is 1.81. The number of rotatable bonds is 5. The Morgan fingerprint density at radius 2 is 2.25 bits per heavy atom. The average Bonchev–Trinajstić information content (AvgIpc) is 3.22. The van der Waals surface area contributed by atoms with Crippen LogP contribution in [0.15, 0.2) is 46.2 Å². The second kappa shape index (κ2) is 6.75. The monoisotopic (exact) mass is 348 g/mol. The molecular formula is C15H13FN4O3S. The summed E-state index contributed by atoms with van der Waals surface area (Å²) < 4.78 is 24.6. The van der Waals surface area contributed by atoms with Gasteiger partial charge in [-0.05, 0) is 29.8 Å². The van der Waals surface area contributed by atoms with E-state index >= 15 is 0 Å². The van der Waals surface area contributed by atoms with Crippen molar-refractivity contribution in [1.82, 2.24) is 14.9 Å². The average molecular weight is 348 g/mol. The predicted molar refractivity (Wildman–Crippen MR) is 85.2 cm³/mol. The smallest absolute Gasteiger partial charge is 0.338 e. The van der Waals surface area contributed by atoms with Gasteiger partial charge in [-0.25, -0.2) is 13.9 Å². The number of benzene rings is 1. The molecule has 24 heavy (non-hydrogen) atoms. The molecule has 1 aromatic carbocycles. The Labute approximate surface area is 140 Å². The van der Waals surface area contributed by atoms with Crippen molar-refractivity contribution in [3.63, 3.8) is 0 Å². The highest BCUT2D eigenvalue weighted by Crippen LogP contribution is 2.26. The number of nitrogens with zero attached hydrogens (tertiary/aromatic N) is 3. The molecule has 2 N–H and O–H groups in total. The third-order valence-corrected chi connectivity index (χ3v) is 4.23. The van der Waals surface area contributed by atoms with Crippen molar-refractivity contribution in [2.45, 2.75) is 10.9 Å². The van der Waals surface area contributed by atoms with Crippen LogP contribution in [-0.2, 0) is 10.5 Å². The number of methoxy groups -OCH3 is 1. The third kappa shape index (κ3) is 3.11. The minimum Gasteiger partial charge on any atom is -0.465 e. The quantitative estimate of drug-likeness (QED) is 0.430. The van der Waals surface area contributed by atoms with E-state index in [0.29, 0.717) is 28.1 Å². The minimum atomic E-state index is -0.601. The predicted octanol–water partition coefficient (Wildman–Crippen LogP) is 2.47. The second-order valence-corrected chi connectivity index (χ2v) is 5.68. The van der Waals surface area contributed by atoms with Gasteiger partial charge in [0, 0.05) is 5.75 Å². The van der Waals surface area contributed by atoms with Crippen molar-refractivity contribution in [1.29, 1.82) is 0 Å². The molecule has 7 nitrogen and oxygen atoms in total. The number of nitrogens with two attached hydrogens (primary N) is 1. The molecule has 0 bridgehead atoms. The Hall–Kier alpha value is -2.81. The lowest BCUT2D eigenvalue weighted by molar-refractivity contribution is 0.0599. The van der Waals surface area contributed by atoms with Crippen molar-refractivity contribution >= 4 is 17.7 Å². The standard InChI is InChI=1S/C15H13FN4O3S/c1-22-14(21)11-7-10(16)5-4-9(11)8-24-15-19-18-13(20(15)17)12-3-2-6-23-12/h2-7H,8,17H2,1H3. The highest BCUT2D eigenvalue weighted by Gasteiger charge is 2.17. The van der Waals surface area contributed by atoms with Gasteiger partial charge in [0.05, 0.1) is 18.9 Å². The largest absolute Gasteiger partial charge is 0.465 e. The van der Waals surface area contributed by atoms with Gasteiger partial charge in [-0.15, -0.1) is 10.2 Å². The van der Waals surface area contributed by atoms with Gasteiger partial charge in [-0.3, -0.25) is 0 Å². The van der Waals surface area contributed by atoms with Crippen molar-refractivity contribution < 1.29 is 18.3 Å². The molecule has 0 aliphatic carbocycles. The summed E-state index contributed by atoms with van der Waals surface area (Å²) in [5.74, 6) is 6.08. The van der Waals surface area contributed by atoms with E-state index in [9.17, 15) is 9.18 Å². The van der Waals surface area contributed by atoms with Crippen LogP contribution in [0, 0.1) is 5.82 Å². The van der Waals surface area contributed by atoms with Crippen molar-refractivity contribution in [3.8, 4) is 11.6 Å². The summed E-state index contributed by atoms with van der Waals surface area (Å²) in [7, 11) is 1.25. The fourth-order valence-electron chi connectivity index (χ4n) is 2.07. The molecule has 9 heteroatoms. The SMILES string of the molecule is COC(=O)c1cc(F)ccc1CSc1nnc(-c2ccco2)n1N. The Kier molecular flexibility index (Phi) is 4.52. The number of furan rings is 1. The zero-order valence-electron chi connectivity index (χ0n) is 12.6. The molecule has 0 fully saturated rings. The van der Waals surface area contributed by atoms with Crippen LogP contribution < -0.4 is 5.84 Å². The summed E-state index contributed by atoms with van der Waals surface area (Å²) >= 11 is 1.26. The van der Waals surface area contributed by atoms with Crippen molar-refractivity contribution in [2.75, 3.05) is 13.0 Å². The molecule has 0 aliphatic rings. The summed E-state index contributed by atoms with van der Waals surface area (Å²) in [6.07, 6.45) is 1.51. The lowest BCUT2D eigenvalue weighted by atomic mass is 10.1. The van der Waals surface area contributed by atoms with Crippen LogP contribution in [0.2, 0.25) is 0 Å². The number of thioether (sulfide) groups is 1. The number of hydrogen-bond acceptors (Lipinski definition) is 7. The maximum atomic E-state index is 13.4. The fourth-order valence-corrected chi connectivity index (χ4v) is 2.93. The van der Waals surface area contributed by atoms with Gasteiger partial charge in [-0.2, -0.15) is 0 Å². The van der Waals surface area contributed by atoms with Gasteiger partial charge in [-0.1, -0.05) is 17.8 Å². The van der Waals surface area contributed by atoms with E-state index in [2.05, 4.69) is 14.9 Å². The van der Waals surface area contributed by atoms with Gasteiger partial charge in [0.1, 0.15) is 5.82 Å². The summed E-state index contributed by atoms with van der Waals surface area (Å²) in [6, 6.07) is 7.39. The van der Waals surface area contributed by atoms with E-state index in [4.69, 9.17) is 10.3 Å². The highest BCUT2D eigenvalue weighted by atomic mass is 32.2. The first-order chi connectivity index (χ1) is 11.6. The van der Waals surface area contributed by atoms with Crippen molar-refractivity contribution in [3.05, 3.63) is 53.5 Å². The number of nitrogen functional groups attached to an aromatic ring is 1. The molecule has 0 unspecified atom stereocenters. The fraction of sp³-hybridized carbons (Fsp3) is 0.133. The van der Waals surface area contributed by atoms with Gasteiger partial charge < -0.3 is 15.0 Å². The van der Waals surface area contributed by atoms with E-state index in [1.165, 1.54) is 41.9 Å². The number of aromatic nitrogens is 3. The first kappa shape index (κ1) is 16.1. The minimum absolute atomic E-state index is 0.166. The summed E-state index contributed by atoms with van der Waals surface area (Å²) in [6.45, 7) is 0. The molecule has 0 aliphatic heterocycles. The van der Waals surface area contributed by atoms with Crippen LogP contribution in [0.4, 0.5) is 4.39 Å². The van der Waals surface area contributed by atoms with Crippen LogP contribution >= 0.6 is 11.8 Å². The van der Waals surface area contributed by atoms with E-state index in [1.54, 1.807) is 12.1 Å². The van der Waals surface area contributed by atoms with Gasteiger partial charge in [0.25, 0.3) is 0 Å². The second-order valence-electron chi connectivity index (χ2n) is 4.74. The van der Waals surface area contributed by atoms with Gasteiger partial charge in [0.15, 0.2) is 5.76 Å². The maximum absolute atomic E-state index is 13.4. The molecular weight excluding hydrogens is 335 g/mol. The maximum Gasteiger partial charge on any atom is 0.338 e. The zero-order valence-corrected chi connectivity index (χ0v) is 13.4. The number of esters is 1. The molecule has 2 heterocycles. The molecule has 0 atom stereocenters. The Morgan fingerprint density at radius 3 is 2.96 bits per heavy atom. The van der Waals surface area contributed by atoms with Crippen LogP contribution in [0.3, 0.4) is 0 Å². The molecule has 2 aromatic heterocycles. The normalized spacial score (nSPS) is 10.8. The summed E-state index contributed by atoms with van der Waals surface area (Å²) in [5, 5.41) is 8.41. The molecule has 0 saturated carbocycles. The topological polar surface area (TPSA) is 96.2 Å². The van der Waals surface area contributed by atoms with E-state index < -0.39 is 11.8 Å². The summed E-state index contributed by atoms with van der Waals surface area (Å²) in [5.41, 5.74) is 0.773. The Bertz CT molecular complexity index is 864. The van der Waals surface area contributed by atoms with E-state index in [0.717, 1.165) is 6.07 Å². The number of hydrogen-bond donors (Lipinski definition) is 1. The lowest BCUT2D eigenvalue weighted by Gasteiger charge is -2.07. The van der Waals surface area contributed by atoms with Crippen LogP contribution in [0.25, 0.3) is 11.6 Å². The first-order valence-corrected chi connectivity index (χ1v) is 7.82. The van der Waals surface area contributed by atoms with Gasteiger partial charge >= 0.3 is 5.97 Å². The molecule has 0 amide bonds.